The number of hydrogen-bond acceptors (Lipinski definition) is 5. The van der Waals surface area contributed by atoms with Gasteiger partial charge < -0.3 is 4.42 Å². The molecule has 0 bridgehead atoms. The zero-order valence-corrected chi connectivity index (χ0v) is 18.8. The molecule has 7 heteroatoms. The molecule has 5 rings (SSSR count). The van der Waals surface area contributed by atoms with E-state index in [1.54, 1.807) is 23.9 Å². The second-order valence-corrected chi connectivity index (χ2v) is 8.50. The number of thioether (sulfide) groups is 1. The first kappa shape index (κ1) is 21.2. The van der Waals surface area contributed by atoms with Crippen molar-refractivity contribution in [1.82, 2.24) is 19.7 Å². The normalized spacial score (nSPS) is 11.1. The summed E-state index contributed by atoms with van der Waals surface area (Å²) in [5.41, 5.74) is 3.77. The molecule has 0 radical (unpaired) electrons. The summed E-state index contributed by atoms with van der Waals surface area (Å²) in [5.74, 6) is 2.41. The van der Waals surface area contributed by atoms with Crippen LogP contribution >= 0.6 is 11.8 Å². The van der Waals surface area contributed by atoms with Gasteiger partial charge in [-0.15, -0.1) is 10.2 Å². The molecular formula is C26H21FN4OS. The molecule has 5 nitrogen and oxygen atoms in total. The fourth-order valence-corrected chi connectivity index (χ4v) is 4.45. The van der Waals surface area contributed by atoms with Gasteiger partial charge in [-0.05, 0) is 48.9 Å². The molecule has 0 fully saturated rings. The lowest BCUT2D eigenvalue weighted by molar-refractivity contribution is 0.540. The van der Waals surface area contributed by atoms with Gasteiger partial charge in [0.1, 0.15) is 11.6 Å². The second-order valence-electron chi connectivity index (χ2n) is 7.56. The third-order valence-corrected chi connectivity index (χ3v) is 6.23. The summed E-state index contributed by atoms with van der Waals surface area (Å²) in [6.45, 7) is 2.53. The summed E-state index contributed by atoms with van der Waals surface area (Å²) in [7, 11) is 0. The highest BCUT2D eigenvalue weighted by Crippen LogP contribution is 2.30. The highest BCUT2D eigenvalue weighted by Gasteiger charge is 2.17. The van der Waals surface area contributed by atoms with Crippen molar-refractivity contribution < 1.29 is 8.81 Å². The number of hydrogen-bond donors (Lipinski definition) is 0. The van der Waals surface area contributed by atoms with Crippen molar-refractivity contribution in [3.8, 4) is 22.8 Å². The van der Waals surface area contributed by atoms with Crippen molar-refractivity contribution in [2.45, 2.75) is 24.4 Å². The van der Waals surface area contributed by atoms with Gasteiger partial charge in [0.25, 0.3) is 0 Å². The fraction of sp³-hybridized carbons (Fsp3) is 0.115. The molecule has 2 aromatic heterocycles. The number of rotatable bonds is 7. The number of oxazole rings is 1. The van der Waals surface area contributed by atoms with Gasteiger partial charge in [-0.3, -0.25) is 4.57 Å². The Morgan fingerprint density at radius 2 is 1.55 bits per heavy atom. The third-order valence-electron chi connectivity index (χ3n) is 5.25. The van der Waals surface area contributed by atoms with Crippen LogP contribution in [0.15, 0.2) is 94.5 Å². The van der Waals surface area contributed by atoms with Gasteiger partial charge in [0.2, 0.25) is 5.89 Å². The van der Waals surface area contributed by atoms with E-state index in [0.717, 1.165) is 33.3 Å². The van der Waals surface area contributed by atoms with E-state index in [0.29, 0.717) is 24.0 Å². The van der Waals surface area contributed by atoms with E-state index in [-0.39, 0.29) is 5.82 Å². The lowest BCUT2D eigenvalue weighted by atomic mass is 10.2. The Bertz CT molecular complexity index is 1350. The molecule has 0 aliphatic carbocycles. The van der Waals surface area contributed by atoms with Crippen LogP contribution in [0.3, 0.4) is 0 Å². The van der Waals surface area contributed by atoms with E-state index < -0.39 is 0 Å². The van der Waals surface area contributed by atoms with Crippen LogP contribution in [0.4, 0.5) is 4.39 Å². The molecule has 33 heavy (non-hydrogen) atoms. The van der Waals surface area contributed by atoms with Crippen LogP contribution in [-0.4, -0.2) is 19.7 Å². The SMILES string of the molecule is Cc1oc(-c2ccccc2)nc1CSc1nnc(-c2ccc(F)cc2)n1Cc1ccccc1. The summed E-state index contributed by atoms with van der Waals surface area (Å²) in [6, 6.07) is 26.3. The quantitative estimate of drug-likeness (QED) is 0.266. The largest absolute Gasteiger partial charge is 0.441 e. The Morgan fingerprint density at radius 1 is 0.848 bits per heavy atom. The summed E-state index contributed by atoms with van der Waals surface area (Å²) in [6.07, 6.45) is 0. The van der Waals surface area contributed by atoms with Crippen molar-refractivity contribution in [2.75, 3.05) is 0 Å². The summed E-state index contributed by atoms with van der Waals surface area (Å²) >= 11 is 1.55. The average Bonchev–Trinajstić information content (AvgIpc) is 3.42. The predicted octanol–water partition coefficient (Wildman–Crippen LogP) is 6.39. The summed E-state index contributed by atoms with van der Waals surface area (Å²) in [4.78, 5) is 4.70. The minimum atomic E-state index is -0.279. The van der Waals surface area contributed by atoms with Crippen LogP contribution in [0.1, 0.15) is 17.0 Å². The Hall–Kier alpha value is -3.71. The number of aromatic nitrogens is 4. The zero-order chi connectivity index (χ0) is 22.6. The Labute approximate surface area is 195 Å². The molecule has 0 spiro atoms. The third kappa shape index (κ3) is 4.73. The van der Waals surface area contributed by atoms with Gasteiger partial charge in [-0.25, -0.2) is 9.37 Å². The Kier molecular flexibility index (Phi) is 6.04. The minimum Gasteiger partial charge on any atom is -0.441 e. The number of halogens is 1. The number of nitrogens with zero attached hydrogens (tertiary/aromatic N) is 4. The van der Waals surface area contributed by atoms with Crippen molar-refractivity contribution in [1.29, 1.82) is 0 Å². The van der Waals surface area contributed by atoms with E-state index in [1.165, 1.54) is 12.1 Å². The van der Waals surface area contributed by atoms with Crippen LogP contribution < -0.4 is 0 Å². The smallest absolute Gasteiger partial charge is 0.226 e. The first-order chi connectivity index (χ1) is 16.2. The topological polar surface area (TPSA) is 56.7 Å². The molecule has 0 unspecified atom stereocenters. The summed E-state index contributed by atoms with van der Waals surface area (Å²) in [5, 5.41) is 9.64. The molecule has 0 N–H and O–H groups in total. The van der Waals surface area contributed by atoms with E-state index in [1.807, 2.05) is 55.5 Å². The van der Waals surface area contributed by atoms with E-state index in [2.05, 4.69) is 26.9 Å². The first-order valence-electron chi connectivity index (χ1n) is 10.5. The maximum atomic E-state index is 13.5. The van der Waals surface area contributed by atoms with Crippen molar-refractivity contribution >= 4 is 11.8 Å². The predicted molar refractivity (Wildman–Crippen MR) is 127 cm³/mol. The maximum absolute atomic E-state index is 13.5. The highest BCUT2D eigenvalue weighted by molar-refractivity contribution is 7.98. The monoisotopic (exact) mass is 456 g/mol. The van der Waals surface area contributed by atoms with Crippen LogP contribution in [0.25, 0.3) is 22.8 Å². The molecule has 5 aromatic rings. The standard InChI is InChI=1S/C26H21FN4OS/c1-18-23(28-25(32-18)21-10-6-3-7-11-21)17-33-26-30-29-24(20-12-14-22(27)15-13-20)31(26)16-19-8-4-2-5-9-19/h2-15H,16-17H2,1H3. The van der Waals surface area contributed by atoms with Crippen molar-refractivity contribution in [3.05, 3.63) is 108 Å². The highest BCUT2D eigenvalue weighted by atomic mass is 32.2. The number of aryl methyl sites for hydroxylation is 1. The Morgan fingerprint density at radius 3 is 2.27 bits per heavy atom. The zero-order valence-electron chi connectivity index (χ0n) is 18.0. The van der Waals surface area contributed by atoms with Gasteiger partial charge in [0, 0.05) is 16.9 Å². The lowest BCUT2D eigenvalue weighted by Gasteiger charge is -2.10. The van der Waals surface area contributed by atoms with E-state index in [4.69, 9.17) is 9.40 Å². The molecule has 2 heterocycles. The molecule has 0 atom stereocenters. The first-order valence-corrected chi connectivity index (χ1v) is 11.5. The van der Waals surface area contributed by atoms with Gasteiger partial charge in [-0.2, -0.15) is 0 Å². The van der Waals surface area contributed by atoms with Gasteiger partial charge in [-0.1, -0.05) is 60.3 Å². The van der Waals surface area contributed by atoms with Crippen LogP contribution in [-0.2, 0) is 12.3 Å². The van der Waals surface area contributed by atoms with Crippen LogP contribution in [0.2, 0.25) is 0 Å². The van der Waals surface area contributed by atoms with Gasteiger partial charge in [0.15, 0.2) is 11.0 Å². The Balaban J connectivity index is 1.43. The molecule has 0 saturated heterocycles. The van der Waals surface area contributed by atoms with Crippen molar-refractivity contribution in [3.63, 3.8) is 0 Å². The fourth-order valence-electron chi connectivity index (χ4n) is 3.52. The molecule has 164 valence electrons. The van der Waals surface area contributed by atoms with Crippen LogP contribution in [0.5, 0.6) is 0 Å². The molecular weight excluding hydrogens is 435 g/mol. The van der Waals surface area contributed by atoms with Gasteiger partial charge in [0.05, 0.1) is 12.2 Å². The molecule has 0 aliphatic rings. The molecule has 3 aromatic carbocycles. The van der Waals surface area contributed by atoms with E-state index >= 15 is 0 Å². The maximum Gasteiger partial charge on any atom is 0.226 e. The van der Waals surface area contributed by atoms with Crippen molar-refractivity contribution in [2.24, 2.45) is 0 Å². The molecule has 0 amide bonds. The lowest BCUT2D eigenvalue weighted by Crippen LogP contribution is -2.04. The average molecular weight is 457 g/mol. The molecule has 0 saturated carbocycles. The molecule has 0 aliphatic heterocycles. The van der Waals surface area contributed by atoms with Crippen LogP contribution in [0, 0.1) is 12.7 Å². The minimum absolute atomic E-state index is 0.279. The summed E-state index contributed by atoms with van der Waals surface area (Å²) < 4.78 is 21.4. The van der Waals surface area contributed by atoms with Gasteiger partial charge >= 0.3 is 0 Å². The number of benzene rings is 3. The second kappa shape index (κ2) is 9.42. The van der Waals surface area contributed by atoms with E-state index in [9.17, 15) is 4.39 Å².